The third kappa shape index (κ3) is 3.85. The normalized spacial score (nSPS) is 24.3. The Bertz CT molecular complexity index is 796. The van der Waals surface area contributed by atoms with Crippen LogP contribution in [0.2, 0.25) is 0 Å². The first kappa shape index (κ1) is 17.3. The van der Waals surface area contributed by atoms with E-state index in [1.54, 1.807) is 29.2 Å². The van der Waals surface area contributed by atoms with E-state index in [-0.39, 0.29) is 5.56 Å². The Kier molecular flexibility index (Phi) is 4.84. The van der Waals surface area contributed by atoms with Gasteiger partial charge in [0.1, 0.15) is 5.60 Å². The second-order valence-electron chi connectivity index (χ2n) is 7.42. The molecule has 0 saturated carbocycles. The maximum Gasteiger partial charge on any atom is 0.266 e. The molecule has 26 heavy (non-hydrogen) atoms. The van der Waals surface area contributed by atoms with Gasteiger partial charge in [0.25, 0.3) is 5.56 Å². The zero-order valence-corrected chi connectivity index (χ0v) is 14.8. The van der Waals surface area contributed by atoms with E-state index in [1.165, 1.54) is 0 Å². The van der Waals surface area contributed by atoms with Crippen LogP contribution in [0.5, 0.6) is 0 Å². The topological polar surface area (TPSA) is 80.5 Å². The van der Waals surface area contributed by atoms with E-state index in [2.05, 4.69) is 15.0 Å². The monoisotopic (exact) mass is 356 g/mol. The van der Waals surface area contributed by atoms with E-state index in [0.717, 1.165) is 43.8 Å². The average molecular weight is 356 g/mol. The lowest BCUT2D eigenvalue weighted by Gasteiger charge is -2.44. The van der Waals surface area contributed by atoms with E-state index in [1.807, 2.05) is 12.1 Å². The lowest BCUT2D eigenvalue weighted by molar-refractivity contribution is -0.113. The Morgan fingerprint density at radius 1 is 1.23 bits per heavy atom. The predicted octanol–water partition coefficient (Wildman–Crippen LogP) is 0.779. The molecule has 0 spiro atoms. The Balaban J connectivity index is 1.36. The summed E-state index contributed by atoms with van der Waals surface area (Å²) in [6.45, 7) is 4.15. The van der Waals surface area contributed by atoms with Crippen molar-refractivity contribution in [1.82, 2.24) is 19.7 Å². The summed E-state index contributed by atoms with van der Waals surface area (Å²) in [5.74, 6) is 0.376. The van der Waals surface area contributed by atoms with Crippen LogP contribution in [0, 0.1) is 5.92 Å². The van der Waals surface area contributed by atoms with Gasteiger partial charge in [-0.1, -0.05) is 0 Å². The number of hydrogen-bond donors (Lipinski definition) is 1. The van der Waals surface area contributed by atoms with E-state index in [9.17, 15) is 9.90 Å². The second-order valence-corrected chi connectivity index (χ2v) is 7.42. The lowest BCUT2D eigenvalue weighted by atomic mass is 9.92. The molecule has 2 aliphatic heterocycles. The van der Waals surface area contributed by atoms with Crippen molar-refractivity contribution in [3.05, 3.63) is 47.0 Å². The van der Waals surface area contributed by atoms with Crippen molar-refractivity contribution in [2.24, 2.45) is 5.92 Å². The van der Waals surface area contributed by atoms with Crippen molar-refractivity contribution in [1.29, 1.82) is 0 Å². The molecule has 4 heterocycles. The van der Waals surface area contributed by atoms with Gasteiger partial charge in [-0.25, -0.2) is 4.68 Å². The summed E-state index contributed by atoms with van der Waals surface area (Å²) in [6, 6.07) is 7.09. The van der Waals surface area contributed by atoms with Gasteiger partial charge in [-0.05, 0) is 31.0 Å². The van der Waals surface area contributed by atoms with Crippen molar-refractivity contribution in [2.45, 2.75) is 25.0 Å². The molecule has 0 aromatic carbocycles. The zero-order valence-electron chi connectivity index (χ0n) is 14.8. The van der Waals surface area contributed by atoms with Gasteiger partial charge in [0.05, 0.1) is 18.8 Å². The van der Waals surface area contributed by atoms with E-state index in [4.69, 9.17) is 4.74 Å². The van der Waals surface area contributed by atoms with Gasteiger partial charge in [-0.2, -0.15) is 5.10 Å². The van der Waals surface area contributed by atoms with Crippen LogP contribution in [-0.2, 0) is 11.3 Å². The first-order valence-corrected chi connectivity index (χ1v) is 9.12. The number of ether oxygens (including phenoxy) is 1. The molecule has 4 rings (SSSR count). The Labute approximate surface area is 152 Å². The number of hydrogen-bond acceptors (Lipinski definition) is 6. The predicted molar refractivity (Wildman–Crippen MR) is 96.7 cm³/mol. The van der Waals surface area contributed by atoms with E-state index >= 15 is 0 Å². The van der Waals surface area contributed by atoms with Crippen LogP contribution >= 0.6 is 0 Å². The first-order chi connectivity index (χ1) is 12.6. The molecule has 7 nitrogen and oxygen atoms in total. The number of rotatable bonds is 5. The fraction of sp³-hybridized carbons (Fsp3) is 0.526. The van der Waals surface area contributed by atoms with Crippen molar-refractivity contribution in [3.63, 3.8) is 0 Å². The van der Waals surface area contributed by atoms with Gasteiger partial charge >= 0.3 is 0 Å². The highest BCUT2D eigenvalue weighted by molar-refractivity contribution is 5.56. The Hall–Kier alpha value is -2.09. The molecule has 1 unspecified atom stereocenters. The molecule has 0 bridgehead atoms. The smallest absolute Gasteiger partial charge is 0.266 e. The van der Waals surface area contributed by atoms with Gasteiger partial charge in [0.15, 0.2) is 0 Å². The highest BCUT2D eigenvalue weighted by atomic mass is 16.5. The Morgan fingerprint density at radius 2 is 2.04 bits per heavy atom. The standard InChI is InChI=1S/C19H24N4O3/c24-18-3-2-17(16-4-7-20-8-5-16)21-23(18)12-15-10-22(11-15)13-19(25)6-1-9-26-14-19/h2-5,7-8,15,25H,1,6,9-14H2. The van der Waals surface area contributed by atoms with Gasteiger partial charge in [0.2, 0.25) is 0 Å². The van der Waals surface area contributed by atoms with E-state index < -0.39 is 5.60 Å². The largest absolute Gasteiger partial charge is 0.386 e. The lowest BCUT2D eigenvalue weighted by Crippen LogP contribution is -2.57. The number of aliphatic hydroxyl groups is 1. The molecular formula is C19H24N4O3. The van der Waals surface area contributed by atoms with Crippen LogP contribution in [0.3, 0.4) is 0 Å². The number of nitrogens with zero attached hydrogens (tertiary/aromatic N) is 4. The van der Waals surface area contributed by atoms with Crippen LogP contribution in [0.25, 0.3) is 11.3 Å². The van der Waals surface area contributed by atoms with Crippen molar-refractivity contribution >= 4 is 0 Å². The molecule has 2 aromatic rings. The molecule has 2 aliphatic rings. The van der Waals surface area contributed by atoms with Crippen LogP contribution < -0.4 is 5.56 Å². The summed E-state index contributed by atoms with van der Waals surface area (Å²) in [7, 11) is 0. The van der Waals surface area contributed by atoms with Gasteiger partial charge in [-0.15, -0.1) is 0 Å². The summed E-state index contributed by atoms with van der Waals surface area (Å²) in [6.07, 6.45) is 5.14. The van der Waals surface area contributed by atoms with Crippen molar-refractivity contribution in [2.75, 3.05) is 32.8 Å². The molecule has 0 aliphatic carbocycles. The third-order valence-corrected chi connectivity index (χ3v) is 5.13. The summed E-state index contributed by atoms with van der Waals surface area (Å²) in [5.41, 5.74) is 0.917. The van der Waals surface area contributed by atoms with Crippen molar-refractivity contribution in [3.8, 4) is 11.3 Å². The minimum atomic E-state index is -0.723. The highest BCUT2D eigenvalue weighted by Gasteiger charge is 2.37. The number of pyridine rings is 1. The molecule has 0 amide bonds. The molecule has 1 atom stereocenters. The molecule has 2 aromatic heterocycles. The minimum Gasteiger partial charge on any atom is -0.386 e. The summed E-state index contributed by atoms with van der Waals surface area (Å²) >= 11 is 0. The number of likely N-dealkylation sites (tertiary alicyclic amines) is 1. The minimum absolute atomic E-state index is 0.0828. The zero-order chi connectivity index (χ0) is 18.0. The second kappa shape index (κ2) is 7.26. The van der Waals surface area contributed by atoms with Crippen LogP contribution in [0.1, 0.15) is 12.8 Å². The van der Waals surface area contributed by atoms with Crippen molar-refractivity contribution < 1.29 is 9.84 Å². The summed E-state index contributed by atoms with van der Waals surface area (Å²) in [4.78, 5) is 18.4. The van der Waals surface area contributed by atoms with Gasteiger partial charge in [-0.3, -0.25) is 14.7 Å². The van der Waals surface area contributed by atoms with Gasteiger partial charge in [0, 0.05) is 56.2 Å². The fourth-order valence-corrected chi connectivity index (χ4v) is 3.80. The number of β-amino-alcohol motifs (C(OH)–C–C–N with tert-alkyl or cyclic N) is 1. The van der Waals surface area contributed by atoms with Crippen LogP contribution in [0.4, 0.5) is 0 Å². The SMILES string of the molecule is O=c1ccc(-c2ccncc2)nn1CC1CN(CC2(O)CCCOC2)C1. The molecule has 7 heteroatoms. The first-order valence-electron chi connectivity index (χ1n) is 9.12. The maximum atomic E-state index is 12.1. The molecule has 138 valence electrons. The summed E-state index contributed by atoms with van der Waals surface area (Å²) in [5, 5.41) is 15.1. The van der Waals surface area contributed by atoms with E-state index in [0.29, 0.717) is 25.6 Å². The third-order valence-electron chi connectivity index (χ3n) is 5.13. The quantitative estimate of drug-likeness (QED) is 0.853. The highest BCUT2D eigenvalue weighted by Crippen LogP contribution is 2.25. The average Bonchev–Trinajstić information content (AvgIpc) is 2.63. The molecule has 0 radical (unpaired) electrons. The van der Waals surface area contributed by atoms with Gasteiger partial charge < -0.3 is 9.84 Å². The van der Waals surface area contributed by atoms with Crippen LogP contribution in [0.15, 0.2) is 41.5 Å². The molecular weight excluding hydrogens is 332 g/mol. The number of aromatic nitrogens is 3. The summed E-state index contributed by atoms with van der Waals surface area (Å²) < 4.78 is 6.96. The fourth-order valence-electron chi connectivity index (χ4n) is 3.80. The van der Waals surface area contributed by atoms with Crippen LogP contribution in [-0.4, -0.2) is 63.2 Å². The molecule has 2 saturated heterocycles. The molecule has 1 N–H and O–H groups in total. The Morgan fingerprint density at radius 3 is 2.77 bits per heavy atom. The molecule has 2 fully saturated rings. The maximum absolute atomic E-state index is 12.1.